The van der Waals surface area contributed by atoms with Crippen molar-refractivity contribution in [1.29, 1.82) is 0 Å². The molecule has 1 aliphatic rings. The van der Waals surface area contributed by atoms with E-state index in [0.717, 1.165) is 18.4 Å². The third-order valence-electron chi connectivity index (χ3n) is 4.09. The summed E-state index contributed by atoms with van der Waals surface area (Å²) in [6.45, 7) is 5.10. The highest BCUT2D eigenvalue weighted by Crippen LogP contribution is 2.36. The van der Waals surface area contributed by atoms with Gasteiger partial charge in [-0.25, -0.2) is 0 Å². The zero-order valence-corrected chi connectivity index (χ0v) is 14.4. The molecule has 0 radical (unpaired) electrons. The van der Waals surface area contributed by atoms with Crippen LogP contribution in [-0.2, 0) is 9.59 Å². The van der Waals surface area contributed by atoms with E-state index in [1.165, 1.54) is 6.08 Å². The highest BCUT2D eigenvalue weighted by Gasteiger charge is 2.25. The number of halogens is 2. The zero-order valence-electron chi connectivity index (χ0n) is 12.9. The molecule has 4 nitrogen and oxygen atoms in total. The predicted octanol–water partition coefficient (Wildman–Crippen LogP) is 3.39. The van der Waals surface area contributed by atoms with E-state index < -0.39 is 0 Å². The van der Waals surface area contributed by atoms with Crippen molar-refractivity contribution in [2.45, 2.75) is 25.2 Å². The number of nitrogens with one attached hydrogen (secondary N) is 1. The first-order valence-corrected chi connectivity index (χ1v) is 8.40. The summed E-state index contributed by atoms with van der Waals surface area (Å²) >= 11 is 12.3. The van der Waals surface area contributed by atoms with Crippen LogP contribution in [0.5, 0.6) is 0 Å². The smallest absolute Gasteiger partial charge is 0.243 e. The second-order valence-corrected chi connectivity index (χ2v) is 6.33. The number of hydrogen-bond donors (Lipinski definition) is 1. The lowest BCUT2D eigenvalue weighted by atomic mass is 9.89. The van der Waals surface area contributed by atoms with Gasteiger partial charge in [-0.2, -0.15) is 0 Å². The van der Waals surface area contributed by atoms with Gasteiger partial charge in [-0.1, -0.05) is 41.9 Å². The summed E-state index contributed by atoms with van der Waals surface area (Å²) in [5, 5.41) is 3.80. The summed E-state index contributed by atoms with van der Waals surface area (Å²) in [7, 11) is 0. The van der Waals surface area contributed by atoms with Crippen LogP contribution in [0.1, 0.15) is 30.7 Å². The molecule has 1 heterocycles. The van der Waals surface area contributed by atoms with Crippen molar-refractivity contribution in [3.63, 3.8) is 0 Å². The average molecular weight is 355 g/mol. The lowest BCUT2D eigenvalue weighted by Crippen LogP contribution is -2.39. The molecule has 0 bridgehead atoms. The summed E-state index contributed by atoms with van der Waals surface area (Å²) < 4.78 is 0. The van der Waals surface area contributed by atoms with Gasteiger partial charge >= 0.3 is 0 Å². The number of hydrogen-bond acceptors (Lipinski definition) is 2. The Morgan fingerprint density at radius 1 is 1.30 bits per heavy atom. The first-order chi connectivity index (χ1) is 11.0. The predicted molar refractivity (Wildman–Crippen MR) is 92.8 cm³/mol. The molecule has 2 rings (SSSR count). The molecular formula is C17H20Cl2N2O2. The summed E-state index contributed by atoms with van der Waals surface area (Å²) in [5.41, 5.74) is 1.06. The monoisotopic (exact) mass is 354 g/mol. The molecule has 1 aromatic carbocycles. The van der Waals surface area contributed by atoms with Gasteiger partial charge in [-0.15, -0.1) is 0 Å². The molecule has 1 N–H and O–H groups in total. The molecule has 1 aromatic rings. The number of carbonyl (C=O) groups excluding carboxylic acids is 2. The number of likely N-dealkylation sites (tertiary alicyclic amines) is 1. The number of amides is 2. The molecule has 1 saturated heterocycles. The fourth-order valence-electron chi connectivity index (χ4n) is 2.80. The van der Waals surface area contributed by atoms with E-state index in [0.29, 0.717) is 42.0 Å². The SMILES string of the molecule is C=CC(=O)NCCC(=O)N1CCC(c2cccc(Cl)c2Cl)CC1. The van der Waals surface area contributed by atoms with E-state index in [4.69, 9.17) is 23.2 Å². The average Bonchev–Trinajstić information content (AvgIpc) is 2.57. The number of piperidine rings is 1. The van der Waals surface area contributed by atoms with E-state index in [1.54, 1.807) is 6.07 Å². The second kappa shape index (κ2) is 8.37. The summed E-state index contributed by atoms with van der Waals surface area (Å²) in [6.07, 6.45) is 3.24. The van der Waals surface area contributed by atoms with Crippen LogP contribution >= 0.6 is 23.2 Å². The molecule has 1 aliphatic heterocycles. The third kappa shape index (κ3) is 4.72. The largest absolute Gasteiger partial charge is 0.352 e. The number of benzene rings is 1. The lowest BCUT2D eigenvalue weighted by molar-refractivity contribution is -0.132. The zero-order chi connectivity index (χ0) is 16.8. The van der Waals surface area contributed by atoms with Crippen LogP contribution in [0.2, 0.25) is 10.0 Å². The maximum absolute atomic E-state index is 12.1. The van der Waals surface area contributed by atoms with E-state index in [2.05, 4.69) is 11.9 Å². The normalized spacial score (nSPS) is 15.3. The van der Waals surface area contributed by atoms with Gasteiger partial charge in [-0.3, -0.25) is 9.59 Å². The quantitative estimate of drug-likeness (QED) is 0.823. The van der Waals surface area contributed by atoms with Crippen molar-refractivity contribution in [3.8, 4) is 0 Å². The minimum atomic E-state index is -0.257. The fraction of sp³-hybridized carbons (Fsp3) is 0.412. The topological polar surface area (TPSA) is 49.4 Å². The molecule has 0 unspecified atom stereocenters. The van der Waals surface area contributed by atoms with Crippen LogP contribution in [0, 0.1) is 0 Å². The van der Waals surface area contributed by atoms with Crippen molar-refractivity contribution in [1.82, 2.24) is 10.2 Å². The van der Waals surface area contributed by atoms with Crippen LogP contribution < -0.4 is 5.32 Å². The Balaban J connectivity index is 1.83. The van der Waals surface area contributed by atoms with Gasteiger partial charge in [-0.05, 0) is 36.5 Å². The van der Waals surface area contributed by atoms with Crippen molar-refractivity contribution in [2.75, 3.05) is 19.6 Å². The second-order valence-electron chi connectivity index (χ2n) is 5.54. The van der Waals surface area contributed by atoms with E-state index in [1.807, 2.05) is 17.0 Å². The van der Waals surface area contributed by atoms with Gasteiger partial charge in [0.2, 0.25) is 11.8 Å². The maximum atomic E-state index is 12.1. The van der Waals surface area contributed by atoms with Crippen LogP contribution in [0.3, 0.4) is 0 Å². The Hall–Kier alpha value is -1.52. The first kappa shape index (κ1) is 17.8. The number of nitrogens with zero attached hydrogens (tertiary/aromatic N) is 1. The van der Waals surface area contributed by atoms with Gasteiger partial charge in [0.1, 0.15) is 0 Å². The van der Waals surface area contributed by atoms with Gasteiger partial charge < -0.3 is 10.2 Å². The van der Waals surface area contributed by atoms with Crippen LogP contribution in [0.25, 0.3) is 0 Å². The summed E-state index contributed by atoms with van der Waals surface area (Å²) in [5.74, 6) is 0.128. The minimum absolute atomic E-state index is 0.0602. The fourth-order valence-corrected chi connectivity index (χ4v) is 3.26. The molecule has 23 heavy (non-hydrogen) atoms. The van der Waals surface area contributed by atoms with Crippen molar-refractivity contribution in [3.05, 3.63) is 46.5 Å². The first-order valence-electron chi connectivity index (χ1n) is 7.65. The van der Waals surface area contributed by atoms with Gasteiger partial charge in [0.15, 0.2) is 0 Å². The van der Waals surface area contributed by atoms with Crippen LogP contribution in [0.4, 0.5) is 0 Å². The van der Waals surface area contributed by atoms with Crippen LogP contribution in [0.15, 0.2) is 30.9 Å². The molecule has 124 valence electrons. The maximum Gasteiger partial charge on any atom is 0.243 e. The van der Waals surface area contributed by atoms with Crippen molar-refractivity contribution < 1.29 is 9.59 Å². The van der Waals surface area contributed by atoms with Gasteiger partial charge in [0, 0.05) is 26.1 Å². The lowest BCUT2D eigenvalue weighted by Gasteiger charge is -2.32. The Morgan fingerprint density at radius 3 is 2.65 bits per heavy atom. The molecule has 1 fully saturated rings. The molecule has 0 saturated carbocycles. The van der Waals surface area contributed by atoms with Crippen LogP contribution in [-0.4, -0.2) is 36.3 Å². The molecule has 0 aromatic heterocycles. The molecule has 0 spiro atoms. The van der Waals surface area contributed by atoms with E-state index >= 15 is 0 Å². The number of carbonyl (C=O) groups is 2. The van der Waals surface area contributed by atoms with E-state index in [9.17, 15) is 9.59 Å². The Morgan fingerprint density at radius 2 is 2.00 bits per heavy atom. The van der Waals surface area contributed by atoms with Crippen molar-refractivity contribution in [2.24, 2.45) is 0 Å². The van der Waals surface area contributed by atoms with Gasteiger partial charge in [0.25, 0.3) is 0 Å². The molecule has 0 atom stereocenters. The molecule has 2 amide bonds. The Bertz CT molecular complexity index is 596. The van der Waals surface area contributed by atoms with E-state index in [-0.39, 0.29) is 11.8 Å². The Labute approximate surface area is 146 Å². The highest BCUT2D eigenvalue weighted by molar-refractivity contribution is 6.42. The van der Waals surface area contributed by atoms with Gasteiger partial charge in [0.05, 0.1) is 10.0 Å². The molecule has 0 aliphatic carbocycles. The standard InChI is InChI=1S/C17H20Cl2N2O2/c1-2-15(22)20-9-6-16(23)21-10-7-12(8-11-21)13-4-3-5-14(18)17(13)19/h2-5,12H,1,6-11H2,(H,20,22). The summed E-state index contributed by atoms with van der Waals surface area (Å²) in [4.78, 5) is 25.0. The molecular weight excluding hydrogens is 335 g/mol. The highest BCUT2D eigenvalue weighted by atomic mass is 35.5. The minimum Gasteiger partial charge on any atom is -0.352 e. The third-order valence-corrected chi connectivity index (χ3v) is 4.93. The Kier molecular flexibility index (Phi) is 6.48. The van der Waals surface area contributed by atoms with Crippen molar-refractivity contribution >= 4 is 35.0 Å². The summed E-state index contributed by atoms with van der Waals surface area (Å²) in [6, 6.07) is 5.69. The molecule has 6 heteroatoms. The number of rotatable bonds is 5.